The molecule has 0 spiro atoms. The molecule has 0 aliphatic carbocycles. The summed E-state index contributed by atoms with van der Waals surface area (Å²) in [6, 6.07) is 13.6. The lowest BCUT2D eigenvalue weighted by Crippen LogP contribution is -2.31. The standard InChI is InChI=1S/C24H24N4O3S/c1-14-21(32-23(25-14)15-10-11-19(30-2)20(13-15)31-3)24(29)28-12-6-9-18(28)22-26-16-7-4-5-8-17(16)27-22/h4-5,7-8,10-11,13,18H,6,9,12H2,1-3H3,(H,26,27)/t18-/m0/s1. The molecule has 8 heteroatoms. The van der Waals surface area contributed by atoms with Crippen LogP contribution in [0.15, 0.2) is 42.5 Å². The molecule has 1 atom stereocenters. The van der Waals surface area contributed by atoms with Crippen LogP contribution >= 0.6 is 11.3 Å². The SMILES string of the molecule is COc1ccc(-c2nc(C)c(C(=O)N3CCC[C@H]3c3nc4ccccc4[nH]3)s2)cc1OC. The molecule has 0 saturated carbocycles. The third-order valence-electron chi connectivity index (χ3n) is 5.86. The highest BCUT2D eigenvalue weighted by molar-refractivity contribution is 7.17. The highest BCUT2D eigenvalue weighted by Crippen LogP contribution is 2.38. The number of benzene rings is 2. The van der Waals surface area contributed by atoms with E-state index in [1.807, 2.05) is 54.3 Å². The minimum absolute atomic E-state index is 0.00897. The van der Waals surface area contributed by atoms with Gasteiger partial charge in [0.2, 0.25) is 0 Å². The second-order valence-electron chi connectivity index (χ2n) is 7.80. The van der Waals surface area contributed by atoms with Crippen LogP contribution in [0.4, 0.5) is 0 Å². The summed E-state index contributed by atoms with van der Waals surface area (Å²) in [6.07, 6.45) is 1.85. The fourth-order valence-electron chi connectivity index (χ4n) is 4.24. The number of hydrogen-bond donors (Lipinski definition) is 1. The number of hydrogen-bond acceptors (Lipinski definition) is 6. The molecule has 1 aliphatic heterocycles. The lowest BCUT2D eigenvalue weighted by Gasteiger charge is -2.22. The molecule has 164 valence electrons. The molecule has 1 aliphatic rings. The number of methoxy groups -OCH3 is 2. The lowest BCUT2D eigenvalue weighted by atomic mass is 10.2. The van der Waals surface area contributed by atoms with Crippen LogP contribution in [-0.4, -0.2) is 46.5 Å². The molecule has 7 nitrogen and oxygen atoms in total. The average molecular weight is 449 g/mol. The van der Waals surface area contributed by atoms with Gasteiger partial charge in [0.1, 0.15) is 15.7 Å². The van der Waals surface area contributed by atoms with Gasteiger partial charge >= 0.3 is 0 Å². The van der Waals surface area contributed by atoms with Crippen molar-refractivity contribution < 1.29 is 14.3 Å². The molecule has 2 aromatic heterocycles. The minimum Gasteiger partial charge on any atom is -0.493 e. The molecule has 32 heavy (non-hydrogen) atoms. The summed E-state index contributed by atoms with van der Waals surface area (Å²) >= 11 is 1.41. The van der Waals surface area contributed by atoms with Gasteiger partial charge in [0.15, 0.2) is 11.5 Å². The van der Waals surface area contributed by atoms with Crippen LogP contribution in [-0.2, 0) is 0 Å². The number of aryl methyl sites for hydroxylation is 1. The maximum Gasteiger partial charge on any atom is 0.266 e. The molecule has 5 rings (SSSR count). The van der Waals surface area contributed by atoms with Crippen LogP contribution in [0.25, 0.3) is 21.6 Å². The second-order valence-corrected chi connectivity index (χ2v) is 8.80. The van der Waals surface area contributed by atoms with E-state index in [-0.39, 0.29) is 11.9 Å². The Kier molecular flexibility index (Phi) is 5.30. The topological polar surface area (TPSA) is 80.3 Å². The van der Waals surface area contributed by atoms with Gasteiger partial charge in [-0.3, -0.25) is 4.79 Å². The van der Waals surface area contributed by atoms with Crippen molar-refractivity contribution in [1.29, 1.82) is 0 Å². The van der Waals surface area contributed by atoms with Crippen molar-refractivity contribution in [2.45, 2.75) is 25.8 Å². The van der Waals surface area contributed by atoms with Crippen molar-refractivity contribution in [2.24, 2.45) is 0 Å². The number of ether oxygens (including phenoxy) is 2. The van der Waals surface area contributed by atoms with E-state index in [9.17, 15) is 4.79 Å². The lowest BCUT2D eigenvalue weighted by molar-refractivity contribution is 0.0734. The summed E-state index contributed by atoms with van der Waals surface area (Å²) in [6.45, 7) is 2.60. The molecule has 0 unspecified atom stereocenters. The molecule has 1 amide bonds. The van der Waals surface area contributed by atoms with Crippen LogP contribution in [0.1, 0.15) is 40.1 Å². The van der Waals surface area contributed by atoms with Gasteiger partial charge in [-0.2, -0.15) is 0 Å². The summed E-state index contributed by atoms with van der Waals surface area (Å²) in [5.41, 5.74) is 3.54. The highest BCUT2D eigenvalue weighted by Gasteiger charge is 2.34. The van der Waals surface area contributed by atoms with E-state index in [1.54, 1.807) is 14.2 Å². The van der Waals surface area contributed by atoms with Crippen LogP contribution < -0.4 is 9.47 Å². The summed E-state index contributed by atoms with van der Waals surface area (Å²) < 4.78 is 10.7. The van der Waals surface area contributed by atoms with Gasteiger partial charge in [0.05, 0.1) is 37.0 Å². The summed E-state index contributed by atoms with van der Waals surface area (Å²) in [5, 5.41) is 0.784. The summed E-state index contributed by atoms with van der Waals surface area (Å²) in [7, 11) is 3.21. The first kappa shape index (κ1) is 20.5. The molecular formula is C24H24N4O3S. The maximum absolute atomic E-state index is 13.5. The smallest absolute Gasteiger partial charge is 0.266 e. The Labute approximate surface area is 190 Å². The summed E-state index contributed by atoms with van der Waals surface area (Å²) in [4.78, 5) is 29.0. The van der Waals surface area contributed by atoms with Gasteiger partial charge in [-0.1, -0.05) is 12.1 Å². The third-order valence-corrected chi connectivity index (χ3v) is 7.05. The van der Waals surface area contributed by atoms with E-state index in [0.29, 0.717) is 22.9 Å². The van der Waals surface area contributed by atoms with Crippen molar-refractivity contribution in [3.63, 3.8) is 0 Å². The number of carbonyl (C=O) groups excluding carboxylic acids is 1. The number of aromatic amines is 1. The number of fused-ring (bicyclic) bond motifs is 1. The Morgan fingerprint density at radius 1 is 1.12 bits per heavy atom. The largest absolute Gasteiger partial charge is 0.493 e. The fraction of sp³-hybridized carbons (Fsp3) is 0.292. The van der Waals surface area contributed by atoms with E-state index in [2.05, 4.69) is 9.97 Å². The number of para-hydroxylation sites is 2. The van der Waals surface area contributed by atoms with Crippen molar-refractivity contribution in [3.05, 3.63) is 58.9 Å². The number of thiazole rings is 1. The van der Waals surface area contributed by atoms with E-state index in [0.717, 1.165) is 46.0 Å². The zero-order valence-electron chi connectivity index (χ0n) is 18.2. The van der Waals surface area contributed by atoms with E-state index in [1.165, 1.54) is 11.3 Å². The molecule has 1 fully saturated rings. The molecule has 0 radical (unpaired) electrons. The van der Waals surface area contributed by atoms with Crippen LogP contribution in [0.3, 0.4) is 0 Å². The number of amides is 1. The van der Waals surface area contributed by atoms with Crippen molar-refractivity contribution in [2.75, 3.05) is 20.8 Å². The van der Waals surface area contributed by atoms with Gasteiger partial charge in [0, 0.05) is 12.1 Å². The highest BCUT2D eigenvalue weighted by atomic mass is 32.1. The van der Waals surface area contributed by atoms with E-state index < -0.39 is 0 Å². The van der Waals surface area contributed by atoms with Gasteiger partial charge in [-0.15, -0.1) is 11.3 Å². The number of nitrogens with one attached hydrogen (secondary N) is 1. The molecule has 1 saturated heterocycles. The van der Waals surface area contributed by atoms with Crippen molar-refractivity contribution in [1.82, 2.24) is 19.9 Å². The molecule has 0 bridgehead atoms. The fourth-order valence-corrected chi connectivity index (χ4v) is 5.26. The van der Waals surface area contributed by atoms with Gasteiger partial charge < -0.3 is 19.4 Å². The van der Waals surface area contributed by atoms with Crippen LogP contribution in [0.5, 0.6) is 11.5 Å². The zero-order chi connectivity index (χ0) is 22.2. The first-order valence-corrected chi connectivity index (χ1v) is 11.4. The Hall–Kier alpha value is -3.39. The predicted octanol–water partition coefficient (Wildman–Crippen LogP) is 4.99. The van der Waals surface area contributed by atoms with Crippen molar-refractivity contribution in [3.8, 4) is 22.1 Å². The van der Waals surface area contributed by atoms with Crippen LogP contribution in [0.2, 0.25) is 0 Å². The third kappa shape index (κ3) is 3.50. The molecule has 2 aromatic carbocycles. The number of nitrogens with zero attached hydrogens (tertiary/aromatic N) is 3. The molecule has 4 aromatic rings. The zero-order valence-corrected chi connectivity index (χ0v) is 19.0. The van der Waals surface area contributed by atoms with Crippen molar-refractivity contribution >= 4 is 28.3 Å². The van der Waals surface area contributed by atoms with E-state index in [4.69, 9.17) is 14.5 Å². The first-order valence-electron chi connectivity index (χ1n) is 10.5. The van der Waals surface area contributed by atoms with Gasteiger partial charge in [-0.25, -0.2) is 9.97 Å². The van der Waals surface area contributed by atoms with E-state index >= 15 is 0 Å². The van der Waals surface area contributed by atoms with Crippen LogP contribution in [0, 0.1) is 6.92 Å². The monoisotopic (exact) mass is 448 g/mol. The average Bonchev–Trinajstić information content (AvgIpc) is 3.55. The Balaban J connectivity index is 1.45. The summed E-state index contributed by atoms with van der Waals surface area (Å²) in [5.74, 6) is 2.15. The number of likely N-dealkylation sites (tertiary alicyclic amines) is 1. The second kappa shape index (κ2) is 8.27. The molecule has 3 heterocycles. The minimum atomic E-state index is -0.0547. The number of aromatic nitrogens is 3. The van der Waals surface area contributed by atoms with Gasteiger partial charge in [-0.05, 0) is 50.1 Å². The number of H-pyrrole nitrogens is 1. The molecule has 1 N–H and O–H groups in total. The quantitative estimate of drug-likeness (QED) is 0.465. The normalized spacial score (nSPS) is 16.0. The Morgan fingerprint density at radius 3 is 2.72 bits per heavy atom. The molecular weight excluding hydrogens is 424 g/mol. The number of imidazole rings is 1. The number of rotatable bonds is 5. The maximum atomic E-state index is 13.5. The number of carbonyl (C=O) groups is 1. The van der Waals surface area contributed by atoms with Gasteiger partial charge in [0.25, 0.3) is 5.91 Å². The predicted molar refractivity (Wildman–Crippen MR) is 124 cm³/mol. The Bertz CT molecular complexity index is 1260. The Morgan fingerprint density at radius 2 is 1.94 bits per heavy atom. The first-order chi connectivity index (χ1) is 15.6.